The summed E-state index contributed by atoms with van der Waals surface area (Å²) in [7, 11) is 2.03. The molecule has 1 fully saturated rings. The fourth-order valence-electron chi connectivity index (χ4n) is 4.42. The second-order valence-corrected chi connectivity index (χ2v) is 9.64. The number of amides is 1. The minimum Gasteiger partial charge on any atom is -0.348 e. The van der Waals surface area contributed by atoms with Crippen molar-refractivity contribution in [2.45, 2.75) is 44.7 Å². The number of hydrogen-bond acceptors (Lipinski definition) is 3. The van der Waals surface area contributed by atoms with Crippen molar-refractivity contribution in [2.75, 3.05) is 11.5 Å². The Morgan fingerprint density at radius 3 is 2.52 bits per heavy atom. The maximum Gasteiger partial charge on any atom is 0.222 e. The molecule has 3 aromatic rings. The summed E-state index contributed by atoms with van der Waals surface area (Å²) in [5.74, 6) is 3.48. The van der Waals surface area contributed by atoms with Gasteiger partial charge in [0, 0.05) is 19.4 Å². The number of benzene rings is 1. The van der Waals surface area contributed by atoms with Gasteiger partial charge in [-0.2, -0.15) is 11.8 Å². The Balaban J connectivity index is 1.58. The number of nitrogens with zero attached hydrogens (tertiary/aromatic N) is 3. The van der Waals surface area contributed by atoms with Crippen LogP contribution in [0.15, 0.2) is 48.8 Å². The maximum atomic E-state index is 13.3. The summed E-state index contributed by atoms with van der Waals surface area (Å²) in [4.78, 5) is 18.1. The molecule has 1 aromatic carbocycles. The first kappa shape index (κ1) is 20.1. The van der Waals surface area contributed by atoms with Crippen LogP contribution >= 0.6 is 11.8 Å². The van der Waals surface area contributed by atoms with Gasteiger partial charge < -0.3 is 14.5 Å². The Morgan fingerprint density at radius 1 is 1.17 bits per heavy atom. The number of carbonyl (C=O) groups excluding carboxylic acids is 1. The highest BCUT2D eigenvalue weighted by Gasteiger charge is 2.37. The van der Waals surface area contributed by atoms with E-state index in [9.17, 15) is 4.79 Å². The highest BCUT2D eigenvalue weighted by molar-refractivity contribution is 7.99. The van der Waals surface area contributed by atoms with Gasteiger partial charge in [0.15, 0.2) is 0 Å². The minimum absolute atomic E-state index is 0.108. The lowest BCUT2D eigenvalue weighted by molar-refractivity contribution is -0.124. The zero-order chi connectivity index (χ0) is 20.4. The number of nitrogens with one attached hydrogen (secondary N) is 1. The Labute approximate surface area is 176 Å². The van der Waals surface area contributed by atoms with Crippen LogP contribution in [0.3, 0.4) is 0 Å². The van der Waals surface area contributed by atoms with Crippen molar-refractivity contribution in [3.05, 3.63) is 54.6 Å². The molecule has 0 bridgehead atoms. The van der Waals surface area contributed by atoms with E-state index in [0.29, 0.717) is 6.42 Å². The molecule has 1 aliphatic rings. The third-order valence-corrected chi connectivity index (χ3v) is 7.13. The Hall–Kier alpha value is -2.21. The van der Waals surface area contributed by atoms with Gasteiger partial charge in [0.05, 0.1) is 29.0 Å². The van der Waals surface area contributed by atoms with E-state index in [2.05, 4.69) is 58.9 Å². The van der Waals surface area contributed by atoms with Crippen LogP contribution in [0.1, 0.15) is 45.0 Å². The first-order valence-corrected chi connectivity index (χ1v) is 11.6. The van der Waals surface area contributed by atoms with E-state index < -0.39 is 0 Å². The molecule has 4 rings (SSSR count). The standard InChI is InChI=1S/C23H30N4OS/c1-17(2)21(22-24-18-8-4-5-9-19(18)26(22)3)25-20(28)16-23(10-14-29-15-11-23)27-12-6-7-13-27/h4-9,12-13,17,21H,10-11,14-16H2,1-3H3,(H,25,28)/t21-/m1/s1. The van der Waals surface area contributed by atoms with E-state index in [-0.39, 0.29) is 23.4 Å². The number of aryl methyl sites for hydroxylation is 1. The van der Waals surface area contributed by atoms with Gasteiger partial charge in [0.1, 0.15) is 5.82 Å². The van der Waals surface area contributed by atoms with Crippen LogP contribution in [-0.4, -0.2) is 31.5 Å². The number of carbonyl (C=O) groups is 1. The Morgan fingerprint density at radius 2 is 1.86 bits per heavy atom. The summed E-state index contributed by atoms with van der Waals surface area (Å²) >= 11 is 1.98. The number of thioether (sulfide) groups is 1. The molecule has 0 aliphatic carbocycles. The van der Waals surface area contributed by atoms with Gasteiger partial charge in [-0.05, 0) is 54.5 Å². The molecule has 1 atom stereocenters. The first-order chi connectivity index (χ1) is 14.0. The van der Waals surface area contributed by atoms with Crippen LogP contribution in [0.4, 0.5) is 0 Å². The molecule has 0 unspecified atom stereocenters. The monoisotopic (exact) mass is 410 g/mol. The van der Waals surface area contributed by atoms with Crippen molar-refractivity contribution in [3.63, 3.8) is 0 Å². The molecule has 1 N–H and O–H groups in total. The smallest absolute Gasteiger partial charge is 0.222 e. The molecule has 0 spiro atoms. The van der Waals surface area contributed by atoms with E-state index in [0.717, 1.165) is 41.2 Å². The van der Waals surface area contributed by atoms with E-state index in [1.165, 1.54) is 0 Å². The summed E-state index contributed by atoms with van der Waals surface area (Å²) in [6.07, 6.45) is 6.77. The summed E-state index contributed by atoms with van der Waals surface area (Å²) in [5.41, 5.74) is 1.95. The van der Waals surface area contributed by atoms with Crippen LogP contribution in [0, 0.1) is 5.92 Å². The van der Waals surface area contributed by atoms with E-state index >= 15 is 0 Å². The van der Waals surface area contributed by atoms with Crippen LogP contribution < -0.4 is 5.32 Å². The van der Waals surface area contributed by atoms with Gasteiger partial charge >= 0.3 is 0 Å². The van der Waals surface area contributed by atoms with Crippen LogP contribution in [0.2, 0.25) is 0 Å². The predicted molar refractivity (Wildman–Crippen MR) is 120 cm³/mol. The van der Waals surface area contributed by atoms with Crippen molar-refractivity contribution < 1.29 is 4.79 Å². The largest absolute Gasteiger partial charge is 0.348 e. The molecule has 1 aliphatic heterocycles. The van der Waals surface area contributed by atoms with Gasteiger partial charge in [0.25, 0.3) is 0 Å². The molecular weight excluding hydrogens is 380 g/mol. The lowest BCUT2D eigenvalue weighted by Crippen LogP contribution is -2.43. The third kappa shape index (κ3) is 3.95. The van der Waals surface area contributed by atoms with Crippen molar-refractivity contribution in [2.24, 2.45) is 13.0 Å². The van der Waals surface area contributed by atoms with Crippen LogP contribution in [0.5, 0.6) is 0 Å². The number of hydrogen-bond donors (Lipinski definition) is 1. The maximum absolute atomic E-state index is 13.3. The van der Waals surface area contributed by atoms with Gasteiger partial charge in [-0.3, -0.25) is 4.79 Å². The van der Waals surface area contributed by atoms with Crippen LogP contribution in [0.25, 0.3) is 11.0 Å². The molecule has 0 radical (unpaired) electrons. The van der Waals surface area contributed by atoms with Crippen molar-refractivity contribution >= 4 is 28.7 Å². The SMILES string of the molecule is CC(C)[C@@H](NC(=O)CC1(n2cccc2)CCSCC1)c1nc2ccccc2n1C. The lowest BCUT2D eigenvalue weighted by Gasteiger charge is -2.38. The van der Waals surface area contributed by atoms with Crippen molar-refractivity contribution in [3.8, 4) is 0 Å². The van der Waals surface area contributed by atoms with Gasteiger partial charge in [0.2, 0.25) is 5.91 Å². The molecule has 1 amide bonds. The van der Waals surface area contributed by atoms with E-state index in [4.69, 9.17) is 4.98 Å². The topological polar surface area (TPSA) is 51.9 Å². The minimum atomic E-state index is -0.118. The van der Waals surface area contributed by atoms with Gasteiger partial charge in [-0.15, -0.1) is 0 Å². The first-order valence-electron chi connectivity index (χ1n) is 10.4. The highest BCUT2D eigenvalue weighted by Crippen LogP contribution is 2.37. The lowest BCUT2D eigenvalue weighted by atomic mass is 9.87. The molecular formula is C23H30N4OS. The number of aromatic nitrogens is 3. The number of rotatable bonds is 6. The van der Waals surface area contributed by atoms with E-state index in [1.807, 2.05) is 37.0 Å². The molecule has 1 saturated heterocycles. The van der Waals surface area contributed by atoms with Crippen molar-refractivity contribution in [1.29, 1.82) is 0 Å². The number of para-hydroxylation sites is 2. The van der Waals surface area contributed by atoms with Crippen LogP contribution in [-0.2, 0) is 17.4 Å². The summed E-state index contributed by atoms with van der Waals surface area (Å²) in [5, 5.41) is 3.33. The molecule has 154 valence electrons. The van der Waals surface area contributed by atoms with Gasteiger partial charge in [-0.25, -0.2) is 4.98 Å². The van der Waals surface area contributed by atoms with Crippen molar-refractivity contribution in [1.82, 2.24) is 19.4 Å². The third-order valence-electron chi connectivity index (χ3n) is 6.15. The average molecular weight is 411 g/mol. The average Bonchev–Trinajstić information content (AvgIpc) is 3.36. The molecule has 3 heterocycles. The predicted octanol–water partition coefficient (Wildman–Crippen LogP) is 4.50. The van der Waals surface area contributed by atoms with Gasteiger partial charge in [-0.1, -0.05) is 26.0 Å². The normalized spacial score (nSPS) is 17.5. The zero-order valence-electron chi connectivity index (χ0n) is 17.5. The molecule has 6 heteroatoms. The quantitative estimate of drug-likeness (QED) is 0.651. The summed E-state index contributed by atoms with van der Waals surface area (Å²) < 4.78 is 4.37. The summed E-state index contributed by atoms with van der Waals surface area (Å²) in [6.45, 7) is 4.28. The molecule has 0 saturated carbocycles. The highest BCUT2D eigenvalue weighted by atomic mass is 32.2. The fourth-order valence-corrected chi connectivity index (χ4v) is 5.68. The zero-order valence-corrected chi connectivity index (χ0v) is 18.3. The van der Waals surface area contributed by atoms with E-state index in [1.54, 1.807) is 0 Å². The second-order valence-electron chi connectivity index (χ2n) is 8.41. The molecule has 5 nitrogen and oxygen atoms in total. The Bertz CT molecular complexity index is 970. The number of imidazole rings is 1. The summed E-state index contributed by atoms with van der Waals surface area (Å²) in [6, 6.07) is 12.1. The molecule has 2 aromatic heterocycles. The number of fused-ring (bicyclic) bond motifs is 1. The Kier molecular flexibility index (Phi) is 5.72. The fraction of sp³-hybridized carbons (Fsp3) is 0.478. The molecule has 29 heavy (non-hydrogen) atoms. The second kappa shape index (κ2) is 8.27.